The molecule has 130 valence electrons. The molecule has 2 bridgehead atoms. The number of halogens is 3. The molecule has 0 radical (unpaired) electrons. The SMILES string of the molecule is FC(F)(F)c1ccc(-c2nccs2)n2nc(N3CC4CC(C3)N4)nc12. The summed E-state index contributed by atoms with van der Waals surface area (Å²) < 4.78 is 41.5. The van der Waals surface area contributed by atoms with E-state index in [4.69, 9.17) is 0 Å². The highest BCUT2D eigenvalue weighted by molar-refractivity contribution is 7.13. The number of anilines is 1. The summed E-state index contributed by atoms with van der Waals surface area (Å²) in [5.74, 6) is 0.339. The summed E-state index contributed by atoms with van der Waals surface area (Å²) in [5.41, 5.74) is -0.453. The Morgan fingerprint density at radius 3 is 2.60 bits per heavy atom. The number of nitrogens with one attached hydrogen (secondary N) is 1. The van der Waals surface area contributed by atoms with Crippen molar-refractivity contribution < 1.29 is 13.2 Å². The smallest absolute Gasteiger partial charge is 0.336 e. The fourth-order valence-corrected chi connectivity index (χ4v) is 4.14. The van der Waals surface area contributed by atoms with Gasteiger partial charge in [-0.1, -0.05) is 0 Å². The van der Waals surface area contributed by atoms with E-state index >= 15 is 0 Å². The number of piperazine rings is 1. The molecule has 0 amide bonds. The van der Waals surface area contributed by atoms with Gasteiger partial charge < -0.3 is 10.2 Å². The lowest BCUT2D eigenvalue weighted by molar-refractivity contribution is -0.136. The molecular weight excluding hydrogens is 353 g/mol. The van der Waals surface area contributed by atoms with Gasteiger partial charge in [0.05, 0.1) is 0 Å². The van der Waals surface area contributed by atoms with Gasteiger partial charge in [0.1, 0.15) is 16.3 Å². The number of fused-ring (bicyclic) bond motifs is 3. The van der Waals surface area contributed by atoms with Gasteiger partial charge in [0.15, 0.2) is 5.65 Å². The average molecular weight is 366 g/mol. The zero-order valence-corrected chi connectivity index (χ0v) is 13.7. The maximum atomic E-state index is 13.4. The lowest BCUT2D eigenvalue weighted by Gasteiger charge is -2.47. The number of hydrogen-bond acceptors (Lipinski definition) is 6. The summed E-state index contributed by atoms with van der Waals surface area (Å²) in [6, 6.07) is 3.19. The molecule has 3 aliphatic rings. The van der Waals surface area contributed by atoms with Gasteiger partial charge in [-0.25, -0.2) is 9.50 Å². The number of aromatic nitrogens is 4. The Balaban J connectivity index is 1.67. The van der Waals surface area contributed by atoms with E-state index < -0.39 is 11.7 Å². The van der Waals surface area contributed by atoms with E-state index in [9.17, 15) is 13.2 Å². The lowest BCUT2D eigenvalue weighted by Crippen LogP contribution is -2.67. The van der Waals surface area contributed by atoms with E-state index in [1.54, 1.807) is 11.6 Å². The number of rotatable bonds is 2. The summed E-state index contributed by atoms with van der Waals surface area (Å²) in [6.07, 6.45) is -1.77. The summed E-state index contributed by atoms with van der Waals surface area (Å²) in [5, 5.41) is 10.2. The molecule has 6 rings (SSSR count). The molecule has 3 aliphatic heterocycles. The number of alkyl halides is 3. The van der Waals surface area contributed by atoms with Gasteiger partial charge in [-0.05, 0) is 18.6 Å². The molecule has 25 heavy (non-hydrogen) atoms. The first kappa shape index (κ1) is 15.1. The molecule has 0 spiro atoms. The van der Waals surface area contributed by atoms with Crippen molar-refractivity contribution in [3.05, 3.63) is 29.3 Å². The number of hydrogen-bond donors (Lipinski definition) is 1. The van der Waals surface area contributed by atoms with E-state index in [2.05, 4.69) is 20.4 Å². The Morgan fingerprint density at radius 2 is 1.96 bits per heavy atom. The minimum Gasteiger partial charge on any atom is -0.336 e. The lowest BCUT2D eigenvalue weighted by atomic mass is 9.92. The van der Waals surface area contributed by atoms with Crippen molar-refractivity contribution in [1.29, 1.82) is 0 Å². The van der Waals surface area contributed by atoms with Crippen molar-refractivity contribution in [2.45, 2.75) is 24.7 Å². The van der Waals surface area contributed by atoms with Crippen molar-refractivity contribution in [3.8, 4) is 10.7 Å². The van der Waals surface area contributed by atoms with Gasteiger partial charge in [-0.2, -0.15) is 18.2 Å². The van der Waals surface area contributed by atoms with Gasteiger partial charge in [-0.15, -0.1) is 16.4 Å². The molecule has 2 unspecified atom stereocenters. The van der Waals surface area contributed by atoms with Crippen LogP contribution in [0.15, 0.2) is 23.7 Å². The number of thiazole rings is 1. The van der Waals surface area contributed by atoms with Crippen LogP contribution in [0.2, 0.25) is 0 Å². The van der Waals surface area contributed by atoms with Crippen LogP contribution in [-0.2, 0) is 6.18 Å². The third-order valence-corrected chi connectivity index (χ3v) is 5.43. The molecule has 3 saturated heterocycles. The minimum absolute atomic E-state index is 0.178. The molecule has 0 aliphatic carbocycles. The predicted molar refractivity (Wildman–Crippen MR) is 86.6 cm³/mol. The molecular formula is C15H13F3N6S. The monoisotopic (exact) mass is 366 g/mol. The van der Waals surface area contributed by atoms with Crippen LogP contribution in [0.4, 0.5) is 19.1 Å². The van der Waals surface area contributed by atoms with Gasteiger partial charge >= 0.3 is 6.18 Å². The van der Waals surface area contributed by atoms with Gasteiger partial charge in [0.25, 0.3) is 0 Å². The van der Waals surface area contributed by atoms with Crippen LogP contribution in [0.3, 0.4) is 0 Å². The zero-order valence-electron chi connectivity index (χ0n) is 12.9. The first-order valence-corrected chi connectivity index (χ1v) is 8.75. The van der Waals surface area contributed by atoms with Crippen LogP contribution in [0.1, 0.15) is 12.0 Å². The molecule has 10 heteroatoms. The van der Waals surface area contributed by atoms with Crippen molar-refractivity contribution in [2.75, 3.05) is 18.0 Å². The van der Waals surface area contributed by atoms with Crippen LogP contribution >= 0.6 is 11.3 Å². The van der Waals surface area contributed by atoms with Gasteiger partial charge in [-0.3, -0.25) is 0 Å². The van der Waals surface area contributed by atoms with Crippen LogP contribution in [0.25, 0.3) is 16.3 Å². The second-order valence-corrected chi connectivity index (χ2v) is 7.21. The fraction of sp³-hybridized carbons (Fsp3) is 0.400. The van der Waals surface area contributed by atoms with E-state index in [-0.39, 0.29) is 5.65 Å². The van der Waals surface area contributed by atoms with Crippen molar-refractivity contribution in [2.24, 2.45) is 0 Å². The second-order valence-electron chi connectivity index (χ2n) is 6.32. The molecule has 0 saturated carbocycles. The van der Waals surface area contributed by atoms with Gasteiger partial charge in [0, 0.05) is 36.8 Å². The predicted octanol–water partition coefficient (Wildman–Crippen LogP) is 2.42. The fourth-order valence-electron chi connectivity index (χ4n) is 3.49. The third kappa shape index (κ3) is 2.39. The van der Waals surface area contributed by atoms with Crippen molar-refractivity contribution in [1.82, 2.24) is 24.9 Å². The number of pyridine rings is 1. The molecule has 2 atom stereocenters. The van der Waals surface area contributed by atoms with E-state index in [1.165, 1.54) is 21.9 Å². The molecule has 6 heterocycles. The van der Waals surface area contributed by atoms with Gasteiger partial charge in [0.2, 0.25) is 5.95 Å². The normalized spacial score (nSPS) is 23.1. The highest BCUT2D eigenvalue weighted by Crippen LogP contribution is 2.35. The second kappa shape index (κ2) is 5.15. The van der Waals surface area contributed by atoms with Crippen LogP contribution in [0.5, 0.6) is 0 Å². The summed E-state index contributed by atoms with van der Waals surface area (Å²) >= 11 is 1.35. The van der Waals surface area contributed by atoms with E-state index in [0.717, 1.165) is 12.5 Å². The van der Waals surface area contributed by atoms with Crippen molar-refractivity contribution in [3.63, 3.8) is 0 Å². The Kier molecular flexibility index (Phi) is 3.11. The van der Waals surface area contributed by atoms with Crippen molar-refractivity contribution >= 4 is 22.9 Å². The van der Waals surface area contributed by atoms with E-state index in [0.29, 0.717) is 41.8 Å². The highest BCUT2D eigenvalue weighted by Gasteiger charge is 2.39. The summed E-state index contributed by atoms with van der Waals surface area (Å²) in [7, 11) is 0. The maximum Gasteiger partial charge on any atom is 0.420 e. The minimum atomic E-state index is -4.49. The Morgan fingerprint density at radius 1 is 1.20 bits per heavy atom. The molecule has 3 aromatic rings. The van der Waals surface area contributed by atoms with Crippen LogP contribution in [-0.4, -0.2) is 44.8 Å². The van der Waals surface area contributed by atoms with Crippen LogP contribution in [0, 0.1) is 0 Å². The maximum absolute atomic E-state index is 13.4. The largest absolute Gasteiger partial charge is 0.420 e. The van der Waals surface area contributed by atoms with Crippen LogP contribution < -0.4 is 10.2 Å². The Labute approximate surface area is 144 Å². The highest BCUT2D eigenvalue weighted by atomic mass is 32.1. The molecule has 1 N–H and O–H groups in total. The standard InChI is InChI=1S/C15H13F3N6S/c16-15(17,18)10-1-2-11(13-19-3-4-25-13)24-12(10)21-14(22-24)23-6-8-5-9(7-23)20-8/h1-4,8-9,20H,5-7H2. The van der Waals surface area contributed by atoms with E-state index in [1.807, 2.05) is 4.90 Å². The Bertz CT molecular complexity index is 919. The molecule has 3 aromatic heterocycles. The molecule has 3 fully saturated rings. The first-order valence-electron chi connectivity index (χ1n) is 7.87. The zero-order chi connectivity index (χ0) is 17.2. The average Bonchev–Trinajstić information content (AvgIpc) is 3.22. The quantitative estimate of drug-likeness (QED) is 0.755. The Hall–Kier alpha value is -2.20. The third-order valence-electron chi connectivity index (χ3n) is 4.63. The number of piperidine rings is 1. The summed E-state index contributed by atoms with van der Waals surface area (Å²) in [6.45, 7) is 1.42. The number of nitrogens with zero attached hydrogens (tertiary/aromatic N) is 5. The molecule has 0 aromatic carbocycles. The summed E-state index contributed by atoms with van der Waals surface area (Å²) in [4.78, 5) is 10.4. The topological polar surface area (TPSA) is 58.4 Å². The first-order chi connectivity index (χ1) is 12.0. The molecule has 6 nitrogen and oxygen atoms in total.